The van der Waals surface area contributed by atoms with Gasteiger partial charge in [-0.25, -0.2) is 8.42 Å². The number of carbonyl (C=O) groups excluding carboxylic acids is 1. The molecule has 0 heterocycles. The predicted octanol–water partition coefficient (Wildman–Crippen LogP) is 3.57. The van der Waals surface area contributed by atoms with Crippen LogP contribution in [0.4, 0.5) is 5.69 Å². The number of nitrogens with zero attached hydrogens (tertiary/aromatic N) is 1. The molecule has 0 aliphatic heterocycles. The number of hydrogen-bond donors (Lipinski definition) is 1. The summed E-state index contributed by atoms with van der Waals surface area (Å²) in [6.07, 6.45) is 1.10. The number of thioether (sulfide) groups is 1. The van der Waals surface area contributed by atoms with Crippen molar-refractivity contribution in [3.63, 3.8) is 0 Å². The highest BCUT2D eigenvalue weighted by molar-refractivity contribution is 9.10. The van der Waals surface area contributed by atoms with E-state index in [1.54, 1.807) is 30.0 Å². The molecule has 1 N–H and O–H groups in total. The van der Waals surface area contributed by atoms with E-state index in [1.165, 1.54) is 5.56 Å². The summed E-state index contributed by atoms with van der Waals surface area (Å²) in [4.78, 5) is 12.2. The first-order valence-electron chi connectivity index (χ1n) is 8.39. The minimum atomic E-state index is -3.56. The van der Waals surface area contributed by atoms with Gasteiger partial charge in [0.1, 0.15) is 6.54 Å². The van der Waals surface area contributed by atoms with Gasteiger partial charge in [0.05, 0.1) is 11.9 Å². The molecule has 5 nitrogen and oxygen atoms in total. The van der Waals surface area contributed by atoms with Gasteiger partial charge in [-0.1, -0.05) is 46.3 Å². The lowest BCUT2D eigenvalue weighted by atomic mass is 10.2. The molecule has 8 heteroatoms. The van der Waals surface area contributed by atoms with Crippen LogP contribution in [0.1, 0.15) is 11.1 Å². The van der Waals surface area contributed by atoms with E-state index in [9.17, 15) is 13.2 Å². The van der Waals surface area contributed by atoms with E-state index in [0.29, 0.717) is 12.2 Å². The Bertz CT molecular complexity index is 874. The van der Waals surface area contributed by atoms with Gasteiger partial charge >= 0.3 is 0 Å². The van der Waals surface area contributed by atoms with E-state index in [0.717, 1.165) is 32.1 Å². The van der Waals surface area contributed by atoms with Crippen molar-refractivity contribution in [1.29, 1.82) is 0 Å². The standard InChI is InChI=1S/C19H23BrN2O3S2/c1-15-12-17(8-9-18(15)20)22(27(2,24)25)13-19(23)21-10-11-26-14-16-6-4-3-5-7-16/h3-9,12H,10-11,13-14H2,1-2H3,(H,21,23). The Hall–Kier alpha value is -1.51. The Morgan fingerprint density at radius 1 is 1.19 bits per heavy atom. The average Bonchev–Trinajstić information content (AvgIpc) is 2.62. The number of aryl methyl sites for hydroxylation is 1. The molecule has 146 valence electrons. The van der Waals surface area contributed by atoms with Crippen molar-refractivity contribution in [2.75, 3.05) is 29.4 Å². The second kappa shape index (κ2) is 10.1. The number of rotatable bonds is 9. The van der Waals surface area contributed by atoms with E-state index in [4.69, 9.17) is 0 Å². The zero-order valence-electron chi connectivity index (χ0n) is 15.3. The van der Waals surface area contributed by atoms with Gasteiger partial charge in [0, 0.05) is 22.5 Å². The van der Waals surface area contributed by atoms with Crippen LogP contribution in [-0.4, -0.2) is 39.4 Å². The topological polar surface area (TPSA) is 66.5 Å². The minimum Gasteiger partial charge on any atom is -0.354 e. The van der Waals surface area contributed by atoms with E-state index in [1.807, 2.05) is 25.1 Å². The fraction of sp³-hybridized carbons (Fsp3) is 0.316. The molecule has 0 aromatic heterocycles. The van der Waals surface area contributed by atoms with Gasteiger partial charge in [0.2, 0.25) is 15.9 Å². The van der Waals surface area contributed by atoms with Crippen LogP contribution >= 0.6 is 27.7 Å². The normalized spacial score (nSPS) is 11.2. The van der Waals surface area contributed by atoms with Gasteiger partial charge in [-0.15, -0.1) is 0 Å². The first-order chi connectivity index (χ1) is 12.8. The van der Waals surface area contributed by atoms with Gasteiger partial charge in [-0.2, -0.15) is 11.8 Å². The third-order valence-electron chi connectivity index (χ3n) is 3.80. The van der Waals surface area contributed by atoms with Crippen LogP contribution in [0.25, 0.3) is 0 Å². The van der Waals surface area contributed by atoms with Crippen LogP contribution in [0, 0.1) is 6.92 Å². The second-order valence-corrected chi connectivity index (χ2v) is 9.96. The highest BCUT2D eigenvalue weighted by atomic mass is 79.9. The van der Waals surface area contributed by atoms with Crippen LogP contribution in [0.15, 0.2) is 53.0 Å². The number of carbonyl (C=O) groups is 1. The van der Waals surface area contributed by atoms with Crippen molar-refractivity contribution in [3.05, 3.63) is 64.1 Å². The minimum absolute atomic E-state index is 0.233. The molecule has 27 heavy (non-hydrogen) atoms. The molecule has 0 fully saturated rings. The summed E-state index contributed by atoms with van der Waals surface area (Å²) in [6, 6.07) is 15.3. The quantitative estimate of drug-likeness (QED) is 0.568. The van der Waals surface area contributed by atoms with Crippen molar-refractivity contribution < 1.29 is 13.2 Å². The van der Waals surface area contributed by atoms with Crippen molar-refractivity contribution in [2.24, 2.45) is 0 Å². The Balaban J connectivity index is 1.86. The van der Waals surface area contributed by atoms with Crippen LogP contribution in [0.2, 0.25) is 0 Å². The molecular formula is C19H23BrN2O3S2. The molecule has 0 aliphatic rings. The number of benzene rings is 2. The van der Waals surface area contributed by atoms with Crippen LogP contribution < -0.4 is 9.62 Å². The molecule has 0 unspecified atom stereocenters. The number of halogens is 1. The van der Waals surface area contributed by atoms with Crippen LogP contribution in [0.3, 0.4) is 0 Å². The maximum absolute atomic E-state index is 12.2. The van der Waals surface area contributed by atoms with E-state index in [2.05, 4.69) is 33.4 Å². The smallest absolute Gasteiger partial charge is 0.240 e. The Morgan fingerprint density at radius 3 is 2.52 bits per heavy atom. The Kier molecular flexibility index (Phi) is 8.19. The van der Waals surface area contributed by atoms with Crippen molar-refractivity contribution in [2.45, 2.75) is 12.7 Å². The number of hydrogen-bond acceptors (Lipinski definition) is 4. The van der Waals surface area contributed by atoms with Crippen molar-refractivity contribution in [1.82, 2.24) is 5.32 Å². The third-order valence-corrected chi connectivity index (χ3v) is 6.86. The molecule has 0 bridgehead atoms. The van der Waals surface area contributed by atoms with Gasteiger partial charge in [0.25, 0.3) is 0 Å². The number of amides is 1. The molecule has 2 aromatic rings. The molecule has 2 rings (SSSR count). The molecule has 0 spiro atoms. The summed E-state index contributed by atoms with van der Waals surface area (Å²) in [5, 5.41) is 2.79. The maximum atomic E-state index is 12.2. The highest BCUT2D eigenvalue weighted by Crippen LogP contribution is 2.24. The zero-order chi connectivity index (χ0) is 19.9. The number of anilines is 1. The molecule has 0 atom stereocenters. The van der Waals surface area contributed by atoms with E-state index >= 15 is 0 Å². The van der Waals surface area contributed by atoms with Gasteiger partial charge in [-0.3, -0.25) is 9.10 Å². The first kappa shape index (κ1) is 21.8. The van der Waals surface area contributed by atoms with Gasteiger partial charge in [0.15, 0.2) is 0 Å². The summed E-state index contributed by atoms with van der Waals surface area (Å²) in [6.45, 7) is 2.13. The lowest BCUT2D eigenvalue weighted by molar-refractivity contribution is -0.119. The largest absolute Gasteiger partial charge is 0.354 e. The zero-order valence-corrected chi connectivity index (χ0v) is 18.5. The third kappa shape index (κ3) is 7.20. The lowest BCUT2D eigenvalue weighted by Crippen LogP contribution is -2.41. The SMILES string of the molecule is Cc1cc(N(CC(=O)NCCSCc2ccccc2)S(C)(=O)=O)ccc1Br. The molecular weight excluding hydrogens is 448 g/mol. The summed E-state index contributed by atoms with van der Waals surface area (Å²) in [5.41, 5.74) is 2.62. The fourth-order valence-electron chi connectivity index (χ4n) is 2.40. The molecule has 1 amide bonds. The lowest BCUT2D eigenvalue weighted by Gasteiger charge is -2.22. The van der Waals surface area contributed by atoms with E-state index in [-0.39, 0.29) is 12.5 Å². The summed E-state index contributed by atoms with van der Waals surface area (Å²) in [7, 11) is -3.56. The van der Waals surface area contributed by atoms with Gasteiger partial charge in [-0.05, 0) is 36.2 Å². The average molecular weight is 471 g/mol. The molecule has 0 radical (unpaired) electrons. The molecule has 0 saturated carbocycles. The number of sulfonamides is 1. The second-order valence-electron chi connectivity index (χ2n) is 6.09. The summed E-state index contributed by atoms with van der Waals surface area (Å²) in [5.74, 6) is 1.32. The van der Waals surface area contributed by atoms with Gasteiger partial charge < -0.3 is 5.32 Å². The highest BCUT2D eigenvalue weighted by Gasteiger charge is 2.21. The molecule has 0 saturated heterocycles. The maximum Gasteiger partial charge on any atom is 0.240 e. The predicted molar refractivity (Wildman–Crippen MR) is 117 cm³/mol. The van der Waals surface area contributed by atoms with Crippen molar-refractivity contribution >= 4 is 49.3 Å². The fourth-order valence-corrected chi connectivity index (χ4v) is 4.31. The van der Waals surface area contributed by atoms with E-state index < -0.39 is 10.0 Å². The number of nitrogens with one attached hydrogen (secondary N) is 1. The molecule has 2 aromatic carbocycles. The molecule has 0 aliphatic carbocycles. The Labute approximate surface area is 173 Å². The van der Waals surface area contributed by atoms with Crippen molar-refractivity contribution in [3.8, 4) is 0 Å². The van der Waals surface area contributed by atoms with Crippen LogP contribution in [0.5, 0.6) is 0 Å². The summed E-state index contributed by atoms with van der Waals surface area (Å²) >= 11 is 5.12. The Morgan fingerprint density at radius 2 is 1.89 bits per heavy atom. The summed E-state index contributed by atoms with van der Waals surface area (Å²) < 4.78 is 26.3. The monoisotopic (exact) mass is 470 g/mol. The first-order valence-corrected chi connectivity index (χ1v) is 12.2. The van der Waals surface area contributed by atoms with Crippen LogP contribution in [-0.2, 0) is 20.6 Å².